The molecule has 0 unspecified atom stereocenters. The highest BCUT2D eigenvalue weighted by Gasteiger charge is 2.17. The number of aliphatic hydroxyl groups excluding tert-OH is 1. The highest BCUT2D eigenvalue weighted by Crippen LogP contribution is 2.14. The normalized spacial score (nSPS) is 9.86. The average Bonchev–Trinajstić information content (AvgIpc) is 2.90. The molecule has 1 amide bonds. The molecule has 0 saturated carbocycles. The first kappa shape index (κ1) is 15.2. The number of benzene rings is 1. The number of carbonyl (C=O) groups is 1. The summed E-state index contributed by atoms with van der Waals surface area (Å²) in [6.07, 6.45) is 0. The Morgan fingerprint density at radius 3 is 2.95 bits per heavy atom. The smallest absolute Gasteiger partial charge is 0.267 e. The standard InChI is InChI=1S/C15H15N3O2S/c1-11-14(21-17-16-11)15(20)18(2)10-13-6-3-5-12(9-13)7-4-8-19/h3,5-6,9,19H,8,10H2,1-2H3. The molecule has 0 fully saturated rings. The van der Waals surface area contributed by atoms with Crippen LogP contribution < -0.4 is 0 Å². The van der Waals surface area contributed by atoms with Crippen molar-refractivity contribution in [1.29, 1.82) is 0 Å². The van der Waals surface area contributed by atoms with Crippen molar-refractivity contribution in [1.82, 2.24) is 14.5 Å². The van der Waals surface area contributed by atoms with Crippen LogP contribution in [0.2, 0.25) is 0 Å². The van der Waals surface area contributed by atoms with E-state index in [4.69, 9.17) is 5.11 Å². The number of aliphatic hydroxyl groups is 1. The monoisotopic (exact) mass is 301 g/mol. The van der Waals surface area contributed by atoms with Gasteiger partial charge >= 0.3 is 0 Å². The van der Waals surface area contributed by atoms with Gasteiger partial charge in [0, 0.05) is 19.2 Å². The van der Waals surface area contributed by atoms with Gasteiger partial charge in [0.1, 0.15) is 11.5 Å². The van der Waals surface area contributed by atoms with E-state index in [1.165, 1.54) is 0 Å². The summed E-state index contributed by atoms with van der Waals surface area (Å²) >= 11 is 1.11. The molecular formula is C15H15N3O2S. The first-order chi connectivity index (χ1) is 10.1. The van der Waals surface area contributed by atoms with E-state index in [1.807, 2.05) is 24.3 Å². The van der Waals surface area contributed by atoms with Gasteiger partial charge in [0.25, 0.3) is 5.91 Å². The molecule has 108 valence electrons. The number of aryl methyl sites for hydroxylation is 1. The van der Waals surface area contributed by atoms with Crippen LogP contribution in [-0.2, 0) is 6.54 Å². The van der Waals surface area contributed by atoms with Crippen molar-refractivity contribution in [2.75, 3.05) is 13.7 Å². The Labute approximate surface area is 127 Å². The molecule has 2 aromatic rings. The summed E-state index contributed by atoms with van der Waals surface area (Å²) in [7, 11) is 1.74. The molecule has 1 heterocycles. The Kier molecular flexibility index (Phi) is 5.04. The maximum absolute atomic E-state index is 12.3. The highest BCUT2D eigenvalue weighted by atomic mass is 32.1. The van der Waals surface area contributed by atoms with Crippen LogP contribution in [0.15, 0.2) is 24.3 Å². The third kappa shape index (κ3) is 3.88. The molecule has 0 saturated heterocycles. The second kappa shape index (κ2) is 6.97. The van der Waals surface area contributed by atoms with Gasteiger partial charge < -0.3 is 10.0 Å². The lowest BCUT2D eigenvalue weighted by atomic mass is 10.1. The predicted molar refractivity (Wildman–Crippen MR) is 80.8 cm³/mol. The van der Waals surface area contributed by atoms with Gasteiger partial charge in [0.15, 0.2) is 0 Å². The van der Waals surface area contributed by atoms with Gasteiger partial charge in [-0.2, -0.15) is 0 Å². The van der Waals surface area contributed by atoms with Crippen LogP contribution in [0.25, 0.3) is 0 Å². The molecule has 0 aliphatic carbocycles. The SMILES string of the molecule is Cc1nnsc1C(=O)N(C)Cc1cccc(C#CCO)c1. The van der Waals surface area contributed by atoms with Crippen LogP contribution in [0.5, 0.6) is 0 Å². The summed E-state index contributed by atoms with van der Waals surface area (Å²) in [5.74, 6) is 5.37. The second-order valence-electron chi connectivity index (χ2n) is 4.51. The number of aromatic nitrogens is 2. The van der Waals surface area contributed by atoms with Crippen LogP contribution in [0.4, 0.5) is 0 Å². The summed E-state index contributed by atoms with van der Waals surface area (Å²) in [6.45, 7) is 2.08. The van der Waals surface area contributed by atoms with Gasteiger partial charge in [-0.1, -0.05) is 28.5 Å². The average molecular weight is 301 g/mol. The maximum Gasteiger partial charge on any atom is 0.267 e. The summed E-state index contributed by atoms with van der Waals surface area (Å²) in [5, 5.41) is 12.6. The third-order valence-electron chi connectivity index (χ3n) is 2.85. The molecule has 21 heavy (non-hydrogen) atoms. The lowest BCUT2D eigenvalue weighted by molar-refractivity contribution is 0.0789. The van der Waals surface area contributed by atoms with Crippen molar-refractivity contribution in [3.63, 3.8) is 0 Å². The molecule has 0 radical (unpaired) electrons. The third-order valence-corrected chi connectivity index (χ3v) is 3.67. The number of carbonyl (C=O) groups excluding carboxylic acids is 1. The zero-order valence-electron chi connectivity index (χ0n) is 11.8. The van der Waals surface area contributed by atoms with Crippen LogP contribution in [0.1, 0.15) is 26.5 Å². The molecule has 6 heteroatoms. The molecule has 2 rings (SSSR count). The van der Waals surface area contributed by atoms with Crippen LogP contribution >= 0.6 is 11.5 Å². The molecule has 0 bridgehead atoms. The van der Waals surface area contributed by atoms with Gasteiger partial charge in [-0.3, -0.25) is 4.79 Å². The first-order valence-electron chi connectivity index (χ1n) is 6.35. The highest BCUT2D eigenvalue weighted by molar-refractivity contribution is 7.07. The van der Waals surface area contributed by atoms with E-state index in [2.05, 4.69) is 21.4 Å². The molecule has 0 atom stereocenters. The van der Waals surface area contributed by atoms with Gasteiger partial charge in [-0.25, -0.2) is 0 Å². The van der Waals surface area contributed by atoms with Crippen molar-refractivity contribution >= 4 is 17.4 Å². The van der Waals surface area contributed by atoms with Crippen molar-refractivity contribution in [2.45, 2.75) is 13.5 Å². The van der Waals surface area contributed by atoms with Crippen molar-refractivity contribution in [2.24, 2.45) is 0 Å². The minimum Gasteiger partial charge on any atom is -0.384 e. The maximum atomic E-state index is 12.3. The minimum atomic E-state index is -0.166. The lowest BCUT2D eigenvalue weighted by Crippen LogP contribution is -2.26. The molecule has 0 aliphatic rings. The molecule has 1 aromatic carbocycles. The topological polar surface area (TPSA) is 66.3 Å². The summed E-state index contributed by atoms with van der Waals surface area (Å²) in [4.78, 5) is 14.5. The Hall–Kier alpha value is -2.23. The fourth-order valence-corrected chi connectivity index (χ4v) is 2.49. The van der Waals surface area contributed by atoms with Crippen LogP contribution in [-0.4, -0.2) is 39.2 Å². The minimum absolute atomic E-state index is 0.0886. The van der Waals surface area contributed by atoms with E-state index in [-0.39, 0.29) is 12.5 Å². The summed E-state index contributed by atoms with van der Waals surface area (Å²) in [6, 6.07) is 7.59. The zero-order valence-corrected chi connectivity index (χ0v) is 12.6. The Morgan fingerprint density at radius 2 is 2.29 bits per heavy atom. The van der Waals surface area contributed by atoms with Crippen LogP contribution in [0.3, 0.4) is 0 Å². The summed E-state index contributed by atoms with van der Waals surface area (Å²) in [5.41, 5.74) is 2.45. The van der Waals surface area contributed by atoms with E-state index in [0.29, 0.717) is 17.1 Å². The van der Waals surface area contributed by atoms with Crippen molar-refractivity contribution in [3.8, 4) is 11.8 Å². The Bertz CT molecular complexity index is 700. The molecule has 1 N–H and O–H groups in total. The van der Waals surface area contributed by atoms with E-state index in [9.17, 15) is 4.79 Å². The quantitative estimate of drug-likeness (QED) is 0.872. The van der Waals surface area contributed by atoms with E-state index >= 15 is 0 Å². The number of rotatable bonds is 3. The van der Waals surface area contributed by atoms with Gasteiger partial charge in [-0.15, -0.1) is 5.10 Å². The molecule has 5 nitrogen and oxygen atoms in total. The van der Waals surface area contributed by atoms with Crippen molar-refractivity contribution in [3.05, 3.63) is 46.0 Å². The fraction of sp³-hybridized carbons (Fsp3) is 0.267. The largest absolute Gasteiger partial charge is 0.384 e. The number of hydrogen-bond donors (Lipinski definition) is 1. The zero-order chi connectivity index (χ0) is 15.2. The molecule has 0 spiro atoms. The van der Waals surface area contributed by atoms with Gasteiger partial charge in [0.05, 0.1) is 5.69 Å². The molecule has 0 aliphatic heterocycles. The fourth-order valence-electron chi connectivity index (χ4n) is 1.84. The summed E-state index contributed by atoms with van der Waals surface area (Å²) < 4.78 is 3.78. The van der Waals surface area contributed by atoms with Crippen molar-refractivity contribution < 1.29 is 9.90 Å². The van der Waals surface area contributed by atoms with E-state index < -0.39 is 0 Å². The first-order valence-corrected chi connectivity index (χ1v) is 7.12. The van der Waals surface area contributed by atoms with Crippen LogP contribution in [0, 0.1) is 18.8 Å². The number of nitrogens with zero attached hydrogens (tertiary/aromatic N) is 3. The Morgan fingerprint density at radius 1 is 1.48 bits per heavy atom. The predicted octanol–water partition coefficient (Wildman–Crippen LogP) is 1.46. The Balaban J connectivity index is 2.11. The van der Waals surface area contributed by atoms with E-state index in [0.717, 1.165) is 22.7 Å². The van der Waals surface area contributed by atoms with E-state index in [1.54, 1.807) is 18.9 Å². The molecule has 1 aromatic heterocycles. The number of amides is 1. The molecular weight excluding hydrogens is 286 g/mol. The number of hydrogen-bond acceptors (Lipinski definition) is 5. The lowest BCUT2D eigenvalue weighted by Gasteiger charge is -2.16. The van der Waals surface area contributed by atoms with Gasteiger partial charge in [-0.05, 0) is 36.2 Å². The second-order valence-corrected chi connectivity index (χ2v) is 5.26. The van der Waals surface area contributed by atoms with Gasteiger partial charge in [0.2, 0.25) is 0 Å².